The van der Waals surface area contributed by atoms with Crippen molar-refractivity contribution >= 4 is 5.78 Å². The molecule has 2 aromatic rings. The van der Waals surface area contributed by atoms with Crippen LogP contribution < -0.4 is 4.74 Å². The summed E-state index contributed by atoms with van der Waals surface area (Å²) < 4.78 is 5.58. The second-order valence-corrected chi connectivity index (χ2v) is 4.01. The van der Waals surface area contributed by atoms with E-state index in [-0.39, 0.29) is 11.5 Å². The van der Waals surface area contributed by atoms with Crippen molar-refractivity contribution in [1.82, 2.24) is 0 Å². The number of ketones is 1. The van der Waals surface area contributed by atoms with Gasteiger partial charge in [-0.3, -0.25) is 4.79 Å². The summed E-state index contributed by atoms with van der Waals surface area (Å²) >= 11 is 0. The Morgan fingerprint density at radius 3 is 2.56 bits per heavy atom. The van der Waals surface area contributed by atoms with Gasteiger partial charge in [0.25, 0.3) is 0 Å². The predicted molar refractivity (Wildman–Crippen MR) is 68.9 cm³/mol. The van der Waals surface area contributed by atoms with E-state index in [1.165, 1.54) is 19.1 Å². The monoisotopic (exact) mass is 242 g/mol. The van der Waals surface area contributed by atoms with Crippen LogP contribution >= 0.6 is 0 Å². The zero-order chi connectivity index (χ0) is 13.0. The molecule has 0 amide bonds. The third kappa shape index (κ3) is 2.88. The van der Waals surface area contributed by atoms with Crippen molar-refractivity contribution in [2.24, 2.45) is 0 Å². The zero-order valence-electron chi connectivity index (χ0n) is 10.1. The van der Waals surface area contributed by atoms with Crippen molar-refractivity contribution in [3.05, 3.63) is 59.7 Å². The molecule has 2 rings (SSSR count). The van der Waals surface area contributed by atoms with Crippen LogP contribution in [0.1, 0.15) is 22.8 Å². The number of phenols is 1. The van der Waals surface area contributed by atoms with Gasteiger partial charge in [-0.1, -0.05) is 30.3 Å². The van der Waals surface area contributed by atoms with Crippen LogP contribution in [0.3, 0.4) is 0 Å². The third-order valence-electron chi connectivity index (χ3n) is 2.58. The average molecular weight is 242 g/mol. The van der Waals surface area contributed by atoms with Gasteiger partial charge >= 0.3 is 0 Å². The highest BCUT2D eigenvalue weighted by Crippen LogP contribution is 2.25. The van der Waals surface area contributed by atoms with E-state index in [0.29, 0.717) is 17.9 Å². The number of hydrogen-bond acceptors (Lipinski definition) is 3. The van der Waals surface area contributed by atoms with E-state index >= 15 is 0 Å². The number of phenolic OH excluding ortho intramolecular Hbond substituents is 1. The van der Waals surface area contributed by atoms with Crippen molar-refractivity contribution in [2.45, 2.75) is 13.5 Å². The second-order valence-electron chi connectivity index (χ2n) is 4.01. The summed E-state index contributed by atoms with van der Waals surface area (Å²) in [6.07, 6.45) is 0. The molecule has 92 valence electrons. The molecule has 2 aromatic carbocycles. The first-order valence-corrected chi connectivity index (χ1v) is 5.67. The highest BCUT2D eigenvalue weighted by atomic mass is 16.5. The number of carbonyl (C=O) groups is 1. The van der Waals surface area contributed by atoms with Crippen LogP contribution in [0.5, 0.6) is 11.5 Å². The minimum Gasteiger partial charge on any atom is -0.508 e. The Labute approximate surface area is 106 Å². The molecule has 18 heavy (non-hydrogen) atoms. The lowest BCUT2D eigenvalue weighted by molar-refractivity contribution is 0.101. The molecule has 0 fully saturated rings. The molecule has 0 spiro atoms. The molecule has 1 N–H and O–H groups in total. The topological polar surface area (TPSA) is 46.5 Å². The lowest BCUT2D eigenvalue weighted by atomic mass is 10.1. The summed E-state index contributed by atoms with van der Waals surface area (Å²) in [4.78, 5) is 11.4. The van der Waals surface area contributed by atoms with E-state index in [4.69, 9.17) is 4.74 Å². The summed E-state index contributed by atoms with van der Waals surface area (Å²) in [6, 6.07) is 14.2. The van der Waals surface area contributed by atoms with Gasteiger partial charge in [0.05, 0.1) is 5.56 Å². The van der Waals surface area contributed by atoms with Gasteiger partial charge in [0.1, 0.15) is 18.1 Å². The van der Waals surface area contributed by atoms with E-state index in [9.17, 15) is 9.90 Å². The van der Waals surface area contributed by atoms with Crippen LogP contribution in [0.4, 0.5) is 0 Å². The minimum absolute atomic E-state index is 0.0851. The van der Waals surface area contributed by atoms with Gasteiger partial charge in [-0.25, -0.2) is 0 Å². The second kappa shape index (κ2) is 5.36. The predicted octanol–water partition coefficient (Wildman–Crippen LogP) is 3.17. The van der Waals surface area contributed by atoms with Gasteiger partial charge in [-0.2, -0.15) is 0 Å². The fraction of sp³-hybridized carbons (Fsp3) is 0.133. The Bertz CT molecular complexity index is 547. The fourth-order valence-corrected chi connectivity index (χ4v) is 1.66. The molecule has 0 radical (unpaired) electrons. The number of Topliss-reactive ketones (excluding diaryl/α,β-unsaturated/α-hetero) is 1. The Morgan fingerprint density at radius 2 is 1.89 bits per heavy atom. The molecule has 0 heterocycles. The average Bonchev–Trinajstić information content (AvgIpc) is 2.37. The number of hydrogen-bond donors (Lipinski definition) is 1. The first-order valence-electron chi connectivity index (χ1n) is 5.67. The molecule has 0 saturated carbocycles. The molecule has 0 aliphatic heterocycles. The van der Waals surface area contributed by atoms with Gasteiger partial charge < -0.3 is 9.84 Å². The van der Waals surface area contributed by atoms with E-state index in [1.54, 1.807) is 6.07 Å². The number of rotatable bonds is 4. The maximum Gasteiger partial charge on any atom is 0.163 e. The van der Waals surface area contributed by atoms with Crippen LogP contribution in [-0.2, 0) is 6.61 Å². The molecule has 0 aromatic heterocycles. The molecule has 0 unspecified atom stereocenters. The van der Waals surface area contributed by atoms with E-state index in [2.05, 4.69) is 0 Å². The normalized spacial score (nSPS) is 10.1. The first-order chi connectivity index (χ1) is 8.66. The maximum absolute atomic E-state index is 11.4. The molecule has 0 aliphatic carbocycles. The van der Waals surface area contributed by atoms with E-state index < -0.39 is 0 Å². The molecule has 0 atom stereocenters. The van der Waals surface area contributed by atoms with E-state index in [0.717, 1.165) is 5.56 Å². The van der Waals surface area contributed by atoms with Crippen molar-refractivity contribution in [3.8, 4) is 11.5 Å². The van der Waals surface area contributed by atoms with Crippen LogP contribution in [0.25, 0.3) is 0 Å². The van der Waals surface area contributed by atoms with Gasteiger partial charge in [0, 0.05) is 6.07 Å². The molecule has 0 aliphatic rings. The summed E-state index contributed by atoms with van der Waals surface area (Å²) in [6.45, 7) is 1.84. The SMILES string of the molecule is CC(=O)c1ccc(O)cc1OCc1ccccc1. The summed E-state index contributed by atoms with van der Waals surface area (Å²) in [5, 5.41) is 9.43. The Hall–Kier alpha value is -2.29. The first kappa shape index (κ1) is 12.2. The number of benzene rings is 2. The Balaban J connectivity index is 2.18. The largest absolute Gasteiger partial charge is 0.508 e. The molecular weight excluding hydrogens is 228 g/mol. The van der Waals surface area contributed by atoms with Crippen LogP contribution in [0.2, 0.25) is 0 Å². The quantitative estimate of drug-likeness (QED) is 0.837. The van der Waals surface area contributed by atoms with Gasteiger partial charge in [-0.15, -0.1) is 0 Å². The highest BCUT2D eigenvalue weighted by Gasteiger charge is 2.09. The Morgan fingerprint density at radius 1 is 1.17 bits per heavy atom. The van der Waals surface area contributed by atoms with Crippen molar-refractivity contribution < 1.29 is 14.6 Å². The number of aromatic hydroxyl groups is 1. The highest BCUT2D eigenvalue weighted by molar-refractivity contribution is 5.97. The van der Waals surface area contributed by atoms with Gasteiger partial charge in [0.15, 0.2) is 5.78 Å². The van der Waals surface area contributed by atoms with Gasteiger partial charge in [-0.05, 0) is 24.6 Å². The Kier molecular flexibility index (Phi) is 3.63. The molecular formula is C15H14O3. The van der Waals surface area contributed by atoms with Crippen molar-refractivity contribution in [1.29, 1.82) is 0 Å². The van der Waals surface area contributed by atoms with Gasteiger partial charge in [0.2, 0.25) is 0 Å². The fourth-order valence-electron chi connectivity index (χ4n) is 1.66. The van der Waals surface area contributed by atoms with Crippen molar-refractivity contribution in [3.63, 3.8) is 0 Å². The van der Waals surface area contributed by atoms with Crippen LogP contribution in [0.15, 0.2) is 48.5 Å². The van der Waals surface area contributed by atoms with Crippen molar-refractivity contribution in [2.75, 3.05) is 0 Å². The molecule has 3 heteroatoms. The summed E-state index contributed by atoms with van der Waals surface area (Å²) in [5.74, 6) is 0.410. The summed E-state index contributed by atoms with van der Waals surface area (Å²) in [7, 11) is 0. The third-order valence-corrected chi connectivity index (χ3v) is 2.58. The standard InChI is InChI=1S/C15H14O3/c1-11(16)14-8-7-13(17)9-15(14)18-10-12-5-3-2-4-6-12/h2-9,17H,10H2,1H3. The van der Waals surface area contributed by atoms with Crippen LogP contribution in [-0.4, -0.2) is 10.9 Å². The minimum atomic E-state index is -0.0851. The molecule has 0 saturated heterocycles. The number of ether oxygens (including phenoxy) is 1. The smallest absolute Gasteiger partial charge is 0.163 e. The lowest BCUT2D eigenvalue weighted by Crippen LogP contribution is -2.01. The van der Waals surface area contributed by atoms with E-state index in [1.807, 2.05) is 30.3 Å². The van der Waals surface area contributed by atoms with Crippen LogP contribution in [0, 0.1) is 0 Å². The zero-order valence-corrected chi connectivity index (χ0v) is 10.1. The lowest BCUT2D eigenvalue weighted by Gasteiger charge is -2.10. The number of carbonyl (C=O) groups excluding carboxylic acids is 1. The summed E-state index contributed by atoms with van der Waals surface area (Å²) in [5.41, 5.74) is 1.49. The molecule has 0 bridgehead atoms. The maximum atomic E-state index is 11.4. The molecule has 3 nitrogen and oxygen atoms in total.